The van der Waals surface area contributed by atoms with E-state index in [1.807, 2.05) is 11.3 Å². The van der Waals surface area contributed by atoms with Gasteiger partial charge in [-0.15, -0.1) is 11.3 Å². The van der Waals surface area contributed by atoms with Crippen LogP contribution in [0.4, 0.5) is 0 Å². The van der Waals surface area contributed by atoms with Crippen molar-refractivity contribution in [2.75, 3.05) is 0 Å². The second-order valence-corrected chi connectivity index (χ2v) is 6.23. The molecule has 1 heteroatoms. The molecular formula is C15H18S. The van der Waals surface area contributed by atoms with E-state index < -0.39 is 0 Å². The lowest BCUT2D eigenvalue weighted by molar-refractivity contribution is 0.593. The highest BCUT2D eigenvalue weighted by Crippen LogP contribution is 2.33. The lowest BCUT2D eigenvalue weighted by Crippen LogP contribution is -2.08. The number of benzene rings is 1. The summed E-state index contributed by atoms with van der Waals surface area (Å²) in [6.07, 6.45) is 0. The zero-order chi connectivity index (χ0) is 11.8. The molecule has 0 nitrogen and oxygen atoms in total. The molecule has 0 unspecified atom stereocenters. The second-order valence-electron chi connectivity index (χ2n) is 5.32. The maximum Gasteiger partial charge on any atom is 0.0345 e. The molecule has 1 aromatic heterocycles. The van der Waals surface area contributed by atoms with Crippen molar-refractivity contribution >= 4 is 11.3 Å². The maximum absolute atomic E-state index is 2.32. The van der Waals surface area contributed by atoms with Crippen LogP contribution >= 0.6 is 11.3 Å². The van der Waals surface area contributed by atoms with Crippen molar-refractivity contribution < 1.29 is 0 Å². The quantitative estimate of drug-likeness (QED) is 0.645. The van der Waals surface area contributed by atoms with Gasteiger partial charge in [-0.2, -0.15) is 0 Å². The monoisotopic (exact) mass is 230 g/mol. The normalized spacial score (nSPS) is 11.8. The average molecular weight is 230 g/mol. The van der Waals surface area contributed by atoms with Crippen LogP contribution in [0.25, 0.3) is 10.4 Å². The molecule has 1 heterocycles. The average Bonchev–Trinajstić information content (AvgIpc) is 2.65. The van der Waals surface area contributed by atoms with Crippen molar-refractivity contribution in [3.63, 3.8) is 0 Å². The van der Waals surface area contributed by atoms with Crippen molar-refractivity contribution in [1.29, 1.82) is 0 Å². The van der Waals surface area contributed by atoms with E-state index in [2.05, 4.69) is 63.4 Å². The summed E-state index contributed by atoms with van der Waals surface area (Å²) < 4.78 is 0. The van der Waals surface area contributed by atoms with Gasteiger partial charge >= 0.3 is 0 Å². The minimum Gasteiger partial charge on any atom is -0.144 e. The summed E-state index contributed by atoms with van der Waals surface area (Å²) in [7, 11) is 0. The molecule has 0 saturated heterocycles. The Bertz CT molecular complexity index is 486. The van der Waals surface area contributed by atoms with Gasteiger partial charge in [-0.05, 0) is 34.9 Å². The summed E-state index contributed by atoms with van der Waals surface area (Å²) in [5, 5.41) is 2.28. The van der Waals surface area contributed by atoms with Crippen LogP contribution in [0.3, 0.4) is 0 Å². The first-order valence-electron chi connectivity index (χ1n) is 5.63. The fraction of sp³-hybridized carbons (Fsp3) is 0.333. The first-order valence-corrected chi connectivity index (χ1v) is 6.51. The lowest BCUT2D eigenvalue weighted by atomic mass is 9.89. The number of hydrogen-bond acceptors (Lipinski definition) is 1. The van der Waals surface area contributed by atoms with E-state index in [4.69, 9.17) is 0 Å². The first kappa shape index (κ1) is 11.4. The standard InChI is InChI=1S/C15H18S/c1-11-6-5-7-12(8-11)14-9-13(10-16-14)15(2,3)4/h5-10H,1-4H3. The summed E-state index contributed by atoms with van der Waals surface area (Å²) in [5.74, 6) is 0. The van der Waals surface area contributed by atoms with Gasteiger partial charge in [0.25, 0.3) is 0 Å². The van der Waals surface area contributed by atoms with E-state index in [9.17, 15) is 0 Å². The highest BCUT2D eigenvalue weighted by molar-refractivity contribution is 7.13. The second kappa shape index (κ2) is 4.06. The van der Waals surface area contributed by atoms with Crippen LogP contribution in [0, 0.1) is 6.92 Å². The Hall–Kier alpha value is -1.08. The Kier molecular flexibility index (Phi) is 2.90. The molecule has 0 aliphatic rings. The molecule has 0 amide bonds. The largest absolute Gasteiger partial charge is 0.144 e. The van der Waals surface area contributed by atoms with Gasteiger partial charge in [-0.3, -0.25) is 0 Å². The molecule has 0 radical (unpaired) electrons. The Morgan fingerprint density at radius 1 is 1.06 bits per heavy atom. The van der Waals surface area contributed by atoms with Gasteiger partial charge in [-0.1, -0.05) is 50.6 Å². The van der Waals surface area contributed by atoms with Crippen LogP contribution in [0.2, 0.25) is 0 Å². The highest BCUT2D eigenvalue weighted by Gasteiger charge is 2.15. The molecule has 2 aromatic rings. The van der Waals surface area contributed by atoms with Gasteiger partial charge in [0.2, 0.25) is 0 Å². The zero-order valence-corrected chi connectivity index (χ0v) is 11.2. The van der Waals surface area contributed by atoms with Crippen molar-refractivity contribution in [1.82, 2.24) is 0 Å². The van der Waals surface area contributed by atoms with Crippen LogP contribution in [-0.4, -0.2) is 0 Å². The molecule has 0 aliphatic carbocycles. The summed E-state index contributed by atoms with van der Waals surface area (Å²) >= 11 is 1.84. The van der Waals surface area contributed by atoms with Crippen LogP contribution in [0.1, 0.15) is 31.9 Å². The predicted octanol–water partition coefficient (Wildman–Crippen LogP) is 5.02. The molecule has 16 heavy (non-hydrogen) atoms. The Morgan fingerprint density at radius 3 is 2.38 bits per heavy atom. The van der Waals surface area contributed by atoms with Crippen molar-refractivity contribution in [3.05, 3.63) is 46.8 Å². The molecule has 2 rings (SSSR count). The van der Waals surface area contributed by atoms with Gasteiger partial charge < -0.3 is 0 Å². The highest BCUT2D eigenvalue weighted by atomic mass is 32.1. The SMILES string of the molecule is Cc1cccc(-c2cc(C(C)(C)C)cs2)c1. The number of aryl methyl sites for hydroxylation is 1. The molecule has 84 valence electrons. The Morgan fingerprint density at radius 2 is 1.81 bits per heavy atom. The van der Waals surface area contributed by atoms with Gasteiger partial charge in [0, 0.05) is 4.88 Å². The summed E-state index contributed by atoms with van der Waals surface area (Å²) in [5.41, 5.74) is 4.33. The number of rotatable bonds is 1. The molecular weight excluding hydrogens is 212 g/mol. The topological polar surface area (TPSA) is 0 Å². The fourth-order valence-corrected chi connectivity index (χ4v) is 2.81. The minimum atomic E-state index is 0.249. The number of thiophene rings is 1. The summed E-state index contributed by atoms with van der Waals surface area (Å²) in [6.45, 7) is 8.92. The molecule has 0 spiro atoms. The summed E-state index contributed by atoms with van der Waals surface area (Å²) in [6, 6.07) is 11.0. The van der Waals surface area contributed by atoms with Crippen LogP contribution < -0.4 is 0 Å². The third-order valence-electron chi connectivity index (χ3n) is 2.77. The van der Waals surface area contributed by atoms with Crippen molar-refractivity contribution in [3.8, 4) is 10.4 Å². The van der Waals surface area contributed by atoms with Gasteiger partial charge in [0.15, 0.2) is 0 Å². The Labute approximate surface area is 102 Å². The van der Waals surface area contributed by atoms with Crippen LogP contribution in [-0.2, 0) is 5.41 Å². The minimum absolute atomic E-state index is 0.249. The molecule has 0 N–H and O–H groups in total. The molecule has 0 saturated carbocycles. The summed E-state index contributed by atoms with van der Waals surface area (Å²) in [4.78, 5) is 1.37. The number of hydrogen-bond donors (Lipinski definition) is 0. The Balaban J connectivity index is 2.39. The zero-order valence-electron chi connectivity index (χ0n) is 10.4. The van der Waals surface area contributed by atoms with Crippen LogP contribution in [0.15, 0.2) is 35.7 Å². The fourth-order valence-electron chi connectivity index (χ4n) is 1.68. The third kappa shape index (κ3) is 2.35. The van der Waals surface area contributed by atoms with E-state index in [0.29, 0.717) is 0 Å². The van der Waals surface area contributed by atoms with E-state index in [0.717, 1.165) is 0 Å². The molecule has 0 bridgehead atoms. The van der Waals surface area contributed by atoms with Gasteiger partial charge in [0.1, 0.15) is 0 Å². The predicted molar refractivity (Wildman–Crippen MR) is 73.2 cm³/mol. The maximum atomic E-state index is 2.32. The smallest absolute Gasteiger partial charge is 0.0345 e. The first-order chi connectivity index (χ1) is 7.47. The molecule has 0 fully saturated rings. The molecule has 1 aromatic carbocycles. The van der Waals surface area contributed by atoms with E-state index in [1.54, 1.807) is 0 Å². The lowest BCUT2D eigenvalue weighted by Gasteiger charge is -2.15. The third-order valence-corrected chi connectivity index (χ3v) is 3.75. The van der Waals surface area contributed by atoms with Crippen molar-refractivity contribution in [2.24, 2.45) is 0 Å². The van der Waals surface area contributed by atoms with E-state index >= 15 is 0 Å². The van der Waals surface area contributed by atoms with Crippen LogP contribution in [0.5, 0.6) is 0 Å². The van der Waals surface area contributed by atoms with E-state index in [-0.39, 0.29) is 5.41 Å². The van der Waals surface area contributed by atoms with Crippen molar-refractivity contribution in [2.45, 2.75) is 33.1 Å². The van der Waals surface area contributed by atoms with E-state index in [1.165, 1.54) is 21.6 Å². The van der Waals surface area contributed by atoms with Gasteiger partial charge in [0.05, 0.1) is 0 Å². The van der Waals surface area contributed by atoms with Gasteiger partial charge in [-0.25, -0.2) is 0 Å². The molecule has 0 aliphatic heterocycles. The molecule has 0 atom stereocenters.